The van der Waals surface area contributed by atoms with Crippen LogP contribution in [0.25, 0.3) is 0 Å². The van der Waals surface area contributed by atoms with Gasteiger partial charge in [-0.1, -0.05) is 20.8 Å². The van der Waals surface area contributed by atoms with Crippen molar-refractivity contribution in [3.63, 3.8) is 0 Å². The molecular weight excluding hydrogens is 154 g/mol. The highest BCUT2D eigenvalue weighted by Crippen LogP contribution is 2.16. The minimum atomic E-state index is -0.472. The molecule has 0 saturated heterocycles. The SMILES string of the molecule is CN(C)NC(=O)C(N)C(C)(C)C. The van der Waals surface area contributed by atoms with Crippen LogP contribution in [0.2, 0.25) is 0 Å². The zero-order valence-electron chi connectivity index (χ0n) is 8.51. The van der Waals surface area contributed by atoms with Gasteiger partial charge in [-0.3, -0.25) is 10.2 Å². The topological polar surface area (TPSA) is 58.4 Å². The van der Waals surface area contributed by atoms with E-state index in [2.05, 4.69) is 5.43 Å². The van der Waals surface area contributed by atoms with Crippen molar-refractivity contribution < 1.29 is 4.79 Å². The number of hydrogen-bond donors (Lipinski definition) is 2. The molecule has 0 aliphatic heterocycles. The Morgan fingerprint density at radius 2 is 1.83 bits per heavy atom. The number of nitrogens with zero attached hydrogens (tertiary/aromatic N) is 1. The molecule has 0 radical (unpaired) electrons. The number of rotatable bonds is 2. The Labute approximate surface area is 74.1 Å². The third-order valence-corrected chi connectivity index (χ3v) is 1.55. The first-order chi connectivity index (χ1) is 5.25. The van der Waals surface area contributed by atoms with Gasteiger partial charge in [0.1, 0.15) is 0 Å². The third kappa shape index (κ3) is 3.69. The summed E-state index contributed by atoms with van der Waals surface area (Å²) in [4.78, 5) is 11.3. The number of hydrogen-bond acceptors (Lipinski definition) is 3. The molecule has 1 unspecified atom stereocenters. The summed E-state index contributed by atoms with van der Waals surface area (Å²) in [5.74, 6) is -0.146. The molecule has 0 aliphatic rings. The molecule has 3 N–H and O–H groups in total. The largest absolute Gasteiger partial charge is 0.319 e. The quantitative estimate of drug-likeness (QED) is 0.576. The maximum absolute atomic E-state index is 11.3. The molecule has 72 valence electrons. The van der Waals surface area contributed by atoms with Crippen molar-refractivity contribution in [1.29, 1.82) is 0 Å². The van der Waals surface area contributed by atoms with Gasteiger partial charge in [0.05, 0.1) is 6.04 Å². The number of nitrogens with one attached hydrogen (secondary N) is 1. The molecular formula is C8H19N3O. The summed E-state index contributed by atoms with van der Waals surface area (Å²) in [6, 6.07) is -0.472. The monoisotopic (exact) mass is 173 g/mol. The Hall–Kier alpha value is -0.610. The first-order valence-corrected chi connectivity index (χ1v) is 3.98. The van der Waals surface area contributed by atoms with Gasteiger partial charge in [-0.25, -0.2) is 5.01 Å². The molecule has 1 amide bonds. The fourth-order valence-corrected chi connectivity index (χ4v) is 0.683. The molecule has 0 rings (SSSR count). The molecule has 0 aromatic carbocycles. The molecule has 4 heteroatoms. The standard InChI is InChI=1S/C8H19N3O/c1-8(2,3)6(9)7(12)10-11(4)5/h6H,9H2,1-5H3,(H,10,12). The minimum absolute atomic E-state index is 0.146. The molecule has 0 spiro atoms. The van der Waals surface area contributed by atoms with Crippen molar-refractivity contribution in [2.45, 2.75) is 26.8 Å². The Balaban J connectivity index is 4.12. The van der Waals surface area contributed by atoms with Crippen molar-refractivity contribution in [3.8, 4) is 0 Å². The highest BCUT2D eigenvalue weighted by molar-refractivity contribution is 5.81. The second-order valence-electron chi connectivity index (χ2n) is 4.21. The highest BCUT2D eigenvalue weighted by Gasteiger charge is 2.27. The van der Waals surface area contributed by atoms with Crippen molar-refractivity contribution in [2.75, 3.05) is 14.1 Å². The predicted molar refractivity (Wildman–Crippen MR) is 49.3 cm³/mol. The summed E-state index contributed by atoms with van der Waals surface area (Å²) in [7, 11) is 3.51. The molecule has 0 fully saturated rings. The molecule has 0 aromatic rings. The second kappa shape index (κ2) is 3.87. The number of nitrogens with two attached hydrogens (primary N) is 1. The van der Waals surface area contributed by atoms with E-state index in [9.17, 15) is 4.79 Å². The van der Waals surface area contributed by atoms with Gasteiger partial charge >= 0.3 is 0 Å². The van der Waals surface area contributed by atoms with Crippen molar-refractivity contribution in [3.05, 3.63) is 0 Å². The van der Waals surface area contributed by atoms with Crippen molar-refractivity contribution in [2.24, 2.45) is 11.1 Å². The summed E-state index contributed by atoms with van der Waals surface area (Å²) in [6.07, 6.45) is 0. The van der Waals surface area contributed by atoms with Crippen LogP contribution < -0.4 is 11.2 Å². The van der Waals surface area contributed by atoms with E-state index in [1.165, 1.54) is 0 Å². The molecule has 0 heterocycles. The predicted octanol–water partition coefficient (Wildman–Crippen LogP) is -0.0474. The average Bonchev–Trinajstić information content (AvgIpc) is 1.82. The lowest BCUT2D eigenvalue weighted by Gasteiger charge is -2.27. The molecule has 4 nitrogen and oxygen atoms in total. The average molecular weight is 173 g/mol. The van der Waals surface area contributed by atoms with Crippen LogP contribution in [0.1, 0.15) is 20.8 Å². The van der Waals surface area contributed by atoms with Crippen molar-refractivity contribution in [1.82, 2.24) is 10.4 Å². The number of carbonyl (C=O) groups excluding carboxylic acids is 1. The summed E-state index contributed by atoms with van der Waals surface area (Å²) >= 11 is 0. The first-order valence-electron chi connectivity index (χ1n) is 3.98. The number of carbonyl (C=O) groups is 1. The fourth-order valence-electron chi connectivity index (χ4n) is 0.683. The molecule has 0 bridgehead atoms. The van der Waals surface area contributed by atoms with Crippen LogP contribution in [0, 0.1) is 5.41 Å². The highest BCUT2D eigenvalue weighted by atomic mass is 16.2. The van der Waals surface area contributed by atoms with E-state index in [0.717, 1.165) is 0 Å². The number of hydrazine groups is 1. The summed E-state index contributed by atoms with van der Waals surface area (Å²) in [5.41, 5.74) is 8.13. The minimum Gasteiger partial charge on any atom is -0.319 e. The molecule has 0 aromatic heterocycles. The Bertz CT molecular complexity index is 160. The van der Waals surface area contributed by atoms with E-state index >= 15 is 0 Å². The van der Waals surface area contributed by atoms with Crippen LogP contribution in [0.3, 0.4) is 0 Å². The first kappa shape index (κ1) is 11.4. The van der Waals surface area contributed by atoms with Gasteiger partial charge < -0.3 is 5.73 Å². The van der Waals surface area contributed by atoms with Crippen LogP contribution >= 0.6 is 0 Å². The van der Waals surface area contributed by atoms with Gasteiger partial charge in [0.2, 0.25) is 0 Å². The summed E-state index contributed by atoms with van der Waals surface area (Å²) < 4.78 is 0. The summed E-state index contributed by atoms with van der Waals surface area (Å²) in [6.45, 7) is 5.81. The molecule has 0 aliphatic carbocycles. The van der Waals surface area contributed by atoms with Crippen LogP contribution in [-0.2, 0) is 4.79 Å². The van der Waals surface area contributed by atoms with E-state index in [1.54, 1.807) is 19.1 Å². The van der Waals surface area contributed by atoms with Gasteiger partial charge in [0, 0.05) is 14.1 Å². The summed E-state index contributed by atoms with van der Waals surface area (Å²) in [5, 5.41) is 1.59. The maximum Gasteiger partial charge on any atom is 0.251 e. The lowest BCUT2D eigenvalue weighted by Crippen LogP contribution is -2.52. The number of amides is 1. The van der Waals surface area contributed by atoms with E-state index in [4.69, 9.17) is 5.73 Å². The van der Waals surface area contributed by atoms with Crippen LogP contribution in [0.4, 0.5) is 0 Å². The Morgan fingerprint density at radius 3 is 2.08 bits per heavy atom. The van der Waals surface area contributed by atoms with E-state index in [-0.39, 0.29) is 11.3 Å². The maximum atomic E-state index is 11.3. The Kier molecular flexibility index (Phi) is 3.67. The van der Waals surface area contributed by atoms with Crippen LogP contribution in [0.5, 0.6) is 0 Å². The second-order valence-corrected chi connectivity index (χ2v) is 4.21. The van der Waals surface area contributed by atoms with Crippen LogP contribution in [0.15, 0.2) is 0 Å². The van der Waals surface area contributed by atoms with Gasteiger partial charge in [-0.15, -0.1) is 0 Å². The Morgan fingerprint density at radius 1 is 1.42 bits per heavy atom. The van der Waals surface area contributed by atoms with Gasteiger partial charge in [-0.2, -0.15) is 0 Å². The lowest BCUT2D eigenvalue weighted by molar-refractivity contribution is -0.128. The fraction of sp³-hybridized carbons (Fsp3) is 0.875. The van der Waals surface area contributed by atoms with E-state index in [0.29, 0.717) is 0 Å². The van der Waals surface area contributed by atoms with Crippen LogP contribution in [-0.4, -0.2) is 31.1 Å². The van der Waals surface area contributed by atoms with Gasteiger partial charge in [0.15, 0.2) is 0 Å². The zero-order valence-corrected chi connectivity index (χ0v) is 8.51. The third-order valence-electron chi connectivity index (χ3n) is 1.55. The molecule has 0 saturated carbocycles. The normalized spacial score (nSPS) is 14.6. The molecule has 12 heavy (non-hydrogen) atoms. The van der Waals surface area contributed by atoms with E-state index in [1.807, 2.05) is 20.8 Å². The van der Waals surface area contributed by atoms with E-state index < -0.39 is 6.04 Å². The molecule has 1 atom stereocenters. The zero-order chi connectivity index (χ0) is 9.94. The lowest BCUT2D eigenvalue weighted by atomic mass is 9.87. The van der Waals surface area contributed by atoms with Crippen molar-refractivity contribution >= 4 is 5.91 Å². The van der Waals surface area contributed by atoms with Gasteiger partial charge in [0.25, 0.3) is 5.91 Å². The smallest absolute Gasteiger partial charge is 0.251 e. The van der Waals surface area contributed by atoms with Gasteiger partial charge in [-0.05, 0) is 5.41 Å².